The zero-order chi connectivity index (χ0) is 27.4. The largest absolute Gasteiger partial charge is 0.349 e. The van der Waals surface area contributed by atoms with Crippen molar-refractivity contribution in [3.63, 3.8) is 0 Å². The molecule has 5 rings (SSSR count). The topological polar surface area (TPSA) is 94.6 Å². The lowest BCUT2D eigenvalue weighted by molar-refractivity contribution is -0.136. The van der Waals surface area contributed by atoms with Crippen molar-refractivity contribution < 1.29 is 18.8 Å². The van der Waals surface area contributed by atoms with E-state index in [4.69, 9.17) is 0 Å². The Morgan fingerprint density at radius 1 is 1.13 bits per heavy atom. The lowest BCUT2D eigenvalue weighted by Crippen LogP contribution is -2.49. The maximum absolute atomic E-state index is 14.1. The predicted octanol–water partition coefficient (Wildman–Crippen LogP) is 3.50. The van der Waals surface area contributed by atoms with Gasteiger partial charge in [-0.05, 0) is 35.4 Å². The molecule has 0 saturated carbocycles. The van der Waals surface area contributed by atoms with Gasteiger partial charge in [0.05, 0.1) is 36.1 Å². The highest BCUT2D eigenvalue weighted by molar-refractivity contribution is 6.03. The SMILES string of the molecule is C=CCN1C(=O)N[C@@H](c2cccc(F)c2)C2=C1CN([C@@H](Cc1ccccc1)C(=O)NCc1ccccn1)C2=O. The van der Waals surface area contributed by atoms with Crippen LogP contribution in [0.5, 0.6) is 0 Å². The van der Waals surface area contributed by atoms with Crippen LogP contribution >= 0.6 is 0 Å². The number of hydrogen-bond acceptors (Lipinski definition) is 4. The van der Waals surface area contributed by atoms with Gasteiger partial charge < -0.3 is 15.5 Å². The normalized spacial score (nSPS) is 17.5. The number of carbonyl (C=O) groups is 3. The minimum Gasteiger partial charge on any atom is -0.349 e. The van der Waals surface area contributed by atoms with Gasteiger partial charge in [-0.2, -0.15) is 0 Å². The monoisotopic (exact) mass is 525 g/mol. The Hall–Kier alpha value is -4.79. The van der Waals surface area contributed by atoms with Crippen LogP contribution in [-0.4, -0.2) is 51.8 Å². The number of hydrogen-bond donors (Lipinski definition) is 2. The summed E-state index contributed by atoms with van der Waals surface area (Å²) in [7, 11) is 0. The van der Waals surface area contributed by atoms with E-state index in [0.717, 1.165) is 5.56 Å². The highest BCUT2D eigenvalue weighted by Gasteiger charge is 2.47. The zero-order valence-corrected chi connectivity index (χ0v) is 21.2. The van der Waals surface area contributed by atoms with Crippen LogP contribution in [0.25, 0.3) is 0 Å². The molecule has 198 valence electrons. The van der Waals surface area contributed by atoms with Gasteiger partial charge in [-0.25, -0.2) is 9.18 Å². The van der Waals surface area contributed by atoms with Crippen LogP contribution in [-0.2, 0) is 22.6 Å². The molecule has 0 spiro atoms. The number of pyridine rings is 1. The second kappa shape index (κ2) is 11.3. The fraction of sp³-hybridized carbons (Fsp3) is 0.200. The highest BCUT2D eigenvalue weighted by Crippen LogP contribution is 2.37. The van der Waals surface area contributed by atoms with Gasteiger partial charge in [0.15, 0.2) is 0 Å². The molecule has 39 heavy (non-hydrogen) atoms. The number of carbonyl (C=O) groups excluding carboxylic acids is 3. The minimum absolute atomic E-state index is 0.0513. The van der Waals surface area contributed by atoms with Crippen LogP contribution in [0.3, 0.4) is 0 Å². The third kappa shape index (κ3) is 5.43. The van der Waals surface area contributed by atoms with E-state index in [1.807, 2.05) is 42.5 Å². The van der Waals surface area contributed by atoms with Crippen LogP contribution in [0.2, 0.25) is 0 Å². The number of nitrogens with one attached hydrogen (secondary N) is 2. The number of aromatic nitrogens is 1. The molecule has 0 unspecified atom stereocenters. The van der Waals surface area contributed by atoms with Crippen molar-refractivity contribution in [2.75, 3.05) is 13.1 Å². The number of halogens is 1. The summed E-state index contributed by atoms with van der Waals surface area (Å²) in [5.41, 5.74) is 2.81. The summed E-state index contributed by atoms with van der Waals surface area (Å²) in [4.78, 5) is 48.0. The van der Waals surface area contributed by atoms with Crippen LogP contribution < -0.4 is 10.6 Å². The molecular weight excluding hydrogens is 497 g/mol. The van der Waals surface area contributed by atoms with Gasteiger partial charge in [-0.15, -0.1) is 6.58 Å². The number of amides is 4. The molecule has 2 aliphatic heterocycles. The molecule has 0 bridgehead atoms. The van der Waals surface area contributed by atoms with E-state index in [0.29, 0.717) is 22.5 Å². The standard InChI is InChI=1S/C30H28FN5O3/c1-2-15-35-25-19-36(29(38)26(25)27(34-30(35)39)21-11-8-12-22(31)17-21)24(16-20-9-4-3-5-10-20)28(37)33-18-23-13-6-7-14-32-23/h2-14,17,24,27H,1,15-16,18-19H2,(H,33,37)(H,34,39)/t24-,27-/m0/s1. The molecule has 0 aliphatic carbocycles. The van der Waals surface area contributed by atoms with Crippen LogP contribution in [0, 0.1) is 5.82 Å². The summed E-state index contributed by atoms with van der Waals surface area (Å²) < 4.78 is 14.1. The van der Waals surface area contributed by atoms with E-state index in [1.54, 1.807) is 24.4 Å². The van der Waals surface area contributed by atoms with Crippen LogP contribution in [0.4, 0.5) is 9.18 Å². The maximum atomic E-state index is 14.1. The second-order valence-electron chi connectivity index (χ2n) is 9.37. The molecule has 2 N–H and O–H groups in total. The lowest BCUT2D eigenvalue weighted by Gasteiger charge is -2.33. The summed E-state index contributed by atoms with van der Waals surface area (Å²) >= 11 is 0. The molecule has 2 atom stereocenters. The summed E-state index contributed by atoms with van der Waals surface area (Å²) in [5.74, 6) is -1.20. The predicted molar refractivity (Wildman–Crippen MR) is 143 cm³/mol. The molecule has 3 aromatic rings. The van der Waals surface area contributed by atoms with E-state index >= 15 is 0 Å². The quantitative estimate of drug-likeness (QED) is 0.418. The fourth-order valence-electron chi connectivity index (χ4n) is 5.00. The fourth-order valence-corrected chi connectivity index (χ4v) is 5.00. The smallest absolute Gasteiger partial charge is 0.322 e. The summed E-state index contributed by atoms with van der Waals surface area (Å²) in [6.45, 7) is 4.17. The van der Waals surface area contributed by atoms with E-state index in [2.05, 4.69) is 22.2 Å². The molecule has 9 heteroatoms. The third-order valence-corrected chi connectivity index (χ3v) is 6.86. The Kier molecular flexibility index (Phi) is 7.49. The average Bonchev–Trinajstić information content (AvgIpc) is 3.29. The minimum atomic E-state index is -0.858. The molecule has 0 saturated heterocycles. The molecule has 3 heterocycles. The Morgan fingerprint density at radius 2 is 1.92 bits per heavy atom. The molecule has 2 aliphatic rings. The first-order chi connectivity index (χ1) is 19.0. The van der Waals surface area contributed by atoms with Crippen molar-refractivity contribution in [1.82, 2.24) is 25.4 Å². The van der Waals surface area contributed by atoms with Gasteiger partial charge in [-0.3, -0.25) is 19.5 Å². The van der Waals surface area contributed by atoms with Crippen molar-refractivity contribution >= 4 is 17.8 Å². The molecule has 4 amide bonds. The van der Waals surface area contributed by atoms with Crippen molar-refractivity contribution in [1.29, 1.82) is 0 Å². The first kappa shape index (κ1) is 25.8. The lowest BCUT2D eigenvalue weighted by atomic mass is 9.95. The number of urea groups is 1. The molecule has 8 nitrogen and oxygen atoms in total. The van der Waals surface area contributed by atoms with Gasteiger partial charge in [-0.1, -0.05) is 54.6 Å². The van der Waals surface area contributed by atoms with Gasteiger partial charge in [0.2, 0.25) is 5.91 Å². The zero-order valence-electron chi connectivity index (χ0n) is 21.2. The van der Waals surface area contributed by atoms with Crippen LogP contribution in [0.1, 0.15) is 22.9 Å². The van der Waals surface area contributed by atoms with E-state index in [9.17, 15) is 18.8 Å². The maximum Gasteiger partial charge on any atom is 0.322 e. The van der Waals surface area contributed by atoms with Crippen molar-refractivity contribution in [3.05, 3.63) is 126 Å². The number of nitrogens with zero attached hydrogens (tertiary/aromatic N) is 3. The summed E-state index contributed by atoms with van der Waals surface area (Å²) in [6.07, 6.45) is 3.49. The van der Waals surface area contributed by atoms with E-state index in [-0.39, 0.29) is 37.9 Å². The third-order valence-electron chi connectivity index (χ3n) is 6.86. The van der Waals surface area contributed by atoms with Gasteiger partial charge in [0.1, 0.15) is 11.9 Å². The Morgan fingerprint density at radius 3 is 2.64 bits per heavy atom. The molecule has 0 radical (unpaired) electrons. The Labute approximate surface area is 225 Å². The molecular formula is C30H28FN5O3. The Bertz CT molecular complexity index is 1430. The Balaban J connectivity index is 1.49. The molecule has 1 aromatic heterocycles. The average molecular weight is 526 g/mol. The second-order valence-corrected chi connectivity index (χ2v) is 9.37. The highest BCUT2D eigenvalue weighted by atomic mass is 19.1. The van der Waals surface area contributed by atoms with Crippen LogP contribution in [0.15, 0.2) is 103 Å². The molecule has 0 fully saturated rings. The van der Waals surface area contributed by atoms with Gasteiger partial charge in [0.25, 0.3) is 5.91 Å². The van der Waals surface area contributed by atoms with E-state index < -0.39 is 23.9 Å². The van der Waals surface area contributed by atoms with E-state index in [1.165, 1.54) is 28.0 Å². The number of rotatable bonds is 9. The summed E-state index contributed by atoms with van der Waals surface area (Å²) in [5, 5.41) is 5.76. The van der Waals surface area contributed by atoms with Crippen molar-refractivity contribution in [2.24, 2.45) is 0 Å². The van der Waals surface area contributed by atoms with Crippen molar-refractivity contribution in [3.8, 4) is 0 Å². The number of benzene rings is 2. The van der Waals surface area contributed by atoms with Gasteiger partial charge in [0, 0.05) is 19.2 Å². The van der Waals surface area contributed by atoms with Gasteiger partial charge >= 0.3 is 6.03 Å². The first-order valence-electron chi connectivity index (χ1n) is 12.7. The molecule has 2 aromatic carbocycles. The van der Waals surface area contributed by atoms with Crippen molar-refractivity contribution in [2.45, 2.75) is 25.0 Å². The first-order valence-corrected chi connectivity index (χ1v) is 12.7. The summed E-state index contributed by atoms with van der Waals surface area (Å²) in [6, 6.07) is 18.6.